The standard InChI is InChI=1S/C12H13NO2/c1-9-4-3-5-10-6-12(2,13-8-14)7-15-11(9)10/h3-5H,6-7H2,1-2H3. The Morgan fingerprint density at radius 3 is 3.07 bits per heavy atom. The zero-order valence-corrected chi connectivity index (χ0v) is 8.91. The molecule has 78 valence electrons. The highest BCUT2D eigenvalue weighted by Gasteiger charge is 2.31. The van der Waals surface area contributed by atoms with Crippen LogP contribution >= 0.6 is 0 Å². The predicted molar refractivity (Wildman–Crippen MR) is 56.9 cm³/mol. The van der Waals surface area contributed by atoms with Gasteiger partial charge in [0.15, 0.2) is 0 Å². The average Bonchev–Trinajstić information content (AvgIpc) is 2.17. The first-order valence-electron chi connectivity index (χ1n) is 4.95. The van der Waals surface area contributed by atoms with Crippen LogP contribution in [0.1, 0.15) is 18.1 Å². The third-order valence-corrected chi connectivity index (χ3v) is 2.71. The van der Waals surface area contributed by atoms with Crippen LogP contribution in [0.3, 0.4) is 0 Å². The fraction of sp³-hybridized carbons (Fsp3) is 0.417. The van der Waals surface area contributed by atoms with Gasteiger partial charge in [-0.1, -0.05) is 18.2 Å². The molecule has 0 bridgehead atoms. The topological polar surface area (TPSA) is 38.7 Å². The van der Waals surface area contributed by atoms with Gasteiger partial charge in [-0.2, -0.15) is 4.99 Å². The molecule has 1 aliphatic rings. The lowest BCUT2D eigenvalue weighted by Crippen LogP contribution is -2.36. The van der Waals surface area contributed by atoms with E-state index in [4.69, 9.17) is 4.74 Å². The van der Waals surface area contributed by atoms with E-state index in [-0.39, 0.29) is 0 Å². The first-order chi connectivity index (χ1) is 7.14. The lowest BCUT2D eigenvalue weighted by atomic mass is 9.90. The van der Waals surface area contributed by atoms with Crippen LogP contribution in [0.15, 0.2) is 23.2 Å². The summed E-state index contributed by atoms with van der Waals surface area (Å²) in [4.78, 5) is 14.1. The van der Waals surface area contributed by atoms with Crippen LogP contribution in [0.25, 0.3) is 0 Å². The van der Waals surface area contributed by atoms with Gasteiger partial charge in [-0.15, -0.1) is 0 Å². The van der Waals surface area contributed by atoms with Gasteiger partial charge in [0.05, 0.1) is 0 Å². The smallest absolute Gasteiger partial charge is 0.235 e. The molecule has 3 nitrogen and oxygen atoms in total. The number of hydrogen-bond donors (Lipinski definition) is 0. The molecule has 0 N–H and O–H groups in total. The average molecular weight is 203 g/mol. The summed E-state index contributed by atoms with van der Waals surface area (Å²) in [7, 11) is 0. The summed E-state index contributed by atoms with van der Waals surface area (Å²) in [6, 6.07) is 6.03. The third-order valence-electron chi connectivity index (χ3n) is 2.71. The molecule has 1 aliphatic heterocycles. The van der Waals surface area contributed by atoms with Crippen molar-refractivity contribution in [3.63, 3.8) is 0 Å². The Kier molecular flexibility index (Phi) is 2.33. The van der Waals surface area contributed by atoms with Gasteiger partial charge in [-0.25, -0.2) is 4.79 Å². The molecule has 0 aromatic heterocycles. The first-order valence-corrected chi connectivity index (χ1v) is 4.95. The van der Waals surface area contributed by atoms with Crippen molar-refractivity contribution in [2.45, 2.75) is 25.8 Å². The molecule has 2 rings (SSSR count). The Morgan fingerprint density at radius 2 is 2.33 bits per heavy atom. The summed E-state index contributed by atoms with van der Waals surface area (Å²) < 4.78 is 5.65. The minimum Gasteiger partial charge on any atom is -0.490 e. The van der Waals surface area contributed by atoms with Gasteiger partial charge in [-0.3, -0.25) is 0 Å². The van der Waals surface area contributed by atoms with Crippen molar-refractivity contribution >= 4 is 6.08 Å². The number of isocyanates is 1. The number of nitrogens with zero attached hydrogens (tertiary/aromatic N) is 1. The lowest BCUT2D eigenvalue weighted by Gasteiger charge is -2.30. The van der Waals surface area contributed by atoms with Crippen LogP contribution in [-0.2, 0) is 11.2 Å². The molecule has 1 heterocycles. The molecule has 1 aromatic carbocycles. The van der Waals surface area contributed by atoms with Gasteiger partial charge in [0.25, 0.3) is 0 Å². The highest BCUT2D eigenvalue weighted by atomic mass is 16.5. The van der Waals surface area contributed by atoms with E-state index >= 15 is 0 Å². The van der Waals surface area contributed by atoms with Crippen molar-refractivity contribution in [3.05, 3.63) is 29.3 Å². The summed E-state index contributed by atoms with van der Waals surface area (Å²) in [6.07, 6.45) is 2.35. The second kappa shape index (κ2) is 3.52. The van der Waals surface area contributed by atoms with E-state index < -0.39 is 5.54 Å². The maximum atomic E-state index is 10.3. The Balaban J connectivity index is 2.39. The highest BCUT2D eigenvalue weighted by molar-refractivity contribution is 5.44. The quantitative estimate of drug-likeness (QED) is 0.517. The summed E-state index contributed by atoms with van der Waals surface area (Å²) in [5.41, 5.74) is 1.79. The molecular formula is C12H13NO2. The zero-order valence-electron chi connectivity index (χ0n) is 8.91. The minimum absolute atomic E-state index is 0.445. The molecule has 0 amide bonds. The van der Waals surface area contributed by atoms with Crippen LogP contribution < -0.4 is 4.74 Å². The Bertz CT molecular complexity index is 435. The number of carbonyl (C=O) groups excluding carboxylic acids is 1. The first kappa shape index (κ1) is 9.94. The van der Waals surface area contributed by atoms with Crippen LogP contribution in [0.4, 0.5) is 0 Å². The highest BCUT2D eigenvalue weighted by Crippen LogP contribution is 2.33. The predicted octanol–water partition coefficient (Wildman–Crippen LogP) is 2.02. The molecule has 0 saturated carbocycles. The van der Waals surface area contributed by atoms with E-state index in [0.717, 1.165) is 23.3 Å². The van der Waals surface area contributed by atoms with Gasteiger partial charge in [0.1, 0.15) is 17.9 Å². The number of fused-ring (bicyclic) bond motifs is 1. The molecule has 15 heavy (non-hydrogen) atoms. The van der Waals surface area contributed by atoms with Gasteiger partial charge in [0.2, 0.25) is 6.08 Å². The molecule has 0 radical (unpaired) electrons. The van der Waals surface area contributed by atoms with Crippen LogP contribution in [0, 0.1) is 6.92 Å². The summed E-state index contributed by atoms with van der Waals surface area (Å²) in [5.74, 6) is 0.941. The van der Waals surface area contributed by atoms with E-state index in [1.165, 1.54) is 0 Å². The van der Waals surface area contributed by atoms with E-state index in [1.54, 1.807) is 6.08 Å². The van der Waals surface area contributed by atoms with Crippen LogP contribution in [0.2, 0.25) is 0 Å². The SMILES string of the molecule is Cc1cccc2c1OCC(C)(N=C=O)C2. The van der Waals surface area contributed by atoms with Crippen molar-refractivity contribution < 1.29 is 9.53 Å². The summed E-state index contributed by atoms with van der Waals surface area (Å²) in [6.45, 7) is 4.37. The number of ether oxygens (including phenoxy) is 1. The molecular weight excluding hydrogens is 190 g/mol. The van der Waals surface area contributed by atoms with Crippen molar-refractivity contribution in [1.29, 1.82) is 0 Å². The normalized spacial score (nSPS) is 23.6. The van der Waals surface area contributed by atoms with Gasteiger partial charge in [0, 0.05) is 6.42 Å². The fourth-order valence-electron chi connectivity index (χ4n) is 1.93. The second-order valence-electron chi connectivity index (χ2n) is 4.23. The Hall–Kier alpha value is -1.60. The summed E-state index contributed by atoms with van der Waals surface area (Å²) >= 11 is 0. The fourth-order valence-corrected chi connectivity index (χ4v) is 1.93. The van der Waals surface area contributed by atoms with Crippen LogP contribution in [-0.4, -0.2) is 18.2 Å². The molecule has 0 saturated heterocycles. The third kappa shape index (κ3) is 1.79. The number of rotatable bonds is 1. The van der Waals surface area contributed by atoms with E-state index in [2.05, 4.69) is 4.99 Å². The Morgan fingerprint density at radius 1 is 1.53 bits per heavy atom. The molecule has 1 aromatic rings. The molecule has 0 aliphatic carbocycles. The van der Waals surface area contributed by atoms with Crippen molar-refractivity contribution in [3.8, 4) is 5.75 Å². The van der Waals surface area contributed by atoms with Crippen molar-refractivity contribution in [2.75, 3.05) is 6.61 Å². The van der Waals surface area contributed by atoms with Gasteiger partial charge >= 0.3 is 0 Å². The van der Waals surface area contributed by atoms with Gasteiger partial charge in [-0.05, 0) is 25.0 Å². The van der Waals surface area contributed by atoms with E-state index in [9.17, 15) is 4.79 Å². The molecule has 1 atom stereocenters. The lowest BCUT2D eigenvalue weighted by molar-refractivity contribution is 0.204. The maximum Gasteiger partial charge on any atom is 0.235 e. The maximum absolute atomic E-state index is 10.3. The van der Waals surface area contributed by atoms with Gasteiger partial charge < -0.3 is 4.74 Å². The molecule has 1 unspecified atom stereocenters. The second-order valence-corrected chi connectivity index (χ2v) is 4.23. The largest absolute Gasteiger partial charge is 0.490 e. The number of aryl methyl sites for hydroxylation is 1. The monoisotopic (exact) mass is 203 g/mol. The van der Waals surface area contributed by atoms with Crippen molar-refractivity contribution in [2.24, 2.45) is 4.99 Å². The molecule has 3 heteroatoms. The molecule has 0 fully saturated rings. The zero-order chi connectivity index (χ0) is 10.9. The van der Waals surface area contributed by atoms with Crippen LogP contribution in [0.5, 0.6) is 5.75 Å². The van der Waals surface area contributed by atoms with E-state index in [1.807, 2.05) is 32.0 Å². The number of benzene rings is 1. The van der Waals surface area contributed by atoms with Crippen molar-refractivity contribution in [1.82, 2.24) is 0 Å². The summed E-state index contributed by atoms with van der Waals surface area (Å²) in [5, 5.41) is 0. The number of para-hydroxylation sites is 1. The minimum atomic E-state index is -0.456. The Labute approximate surface area is 88.8 Å². The number of aliphatic imine (C=N–C) groups is 1. The molecule has 0 spiro atoms. The van der Waals surface area contributed by atoms with E-state index in [0.29, 0.717) is 6.61 Å². The number of hydrogen-bond acceptors (Lipinski definition) is 3.